The van der Waals surface area contributed by atoms with E-state index in [0.717, 1.165) is 31.4 Å². The Balaban J connectivity index is 2.02. The Morgan fingerprint density at radius 1 is 1.47 bits per heavy atom. The predicted molar refractivity (Wildman–Crippen MR) is 78.3 cm³/mol. The van der Waals surface area contributed by atoms with Crippen molar-refractivity contribution in [2.45, 2.75) is 44.7 Å². The summed E-state index contributed by atoms with van der Waals surface area (Å²) in [7, 11) is 0. The number of hydrogen-bond donors (Lipinski definition) is 2. The van der Waals surface area contributed by atoms with E-state index in [4.69, 9.17) is 11.6 Å². The number of piperidine rings is 1. The van der Waals surface area contributed by atoms with Gasteiger partial charge in [-0.3, -0.25) is 4.79 Å². The molecule has 19 heavy (non-hydrogen) atoms. The van der Waals surface area contributed by atoms with E-state index in [0.29, 0.717) is 5.02 Å². The summed E-state index contributed by atoms with van der Waals surface area (Å²) in [6, 6.07) is 7.58. The van der Waals surface area contributed by atoms with Gasteiger partial charge in [0.1, 0.15) is 0 Å². The van der Waals surface area contributed by atoms with E-state index < -0.39 is 5.54 Å². The maximum Gasteiger partial charge on any atom is 0.240 e. The third kappa shape index (κ3) is 3.48. The van der Waals surface area contributed by atoms with Crippen molar-refractivity contribution in [1.29, 1.82) is 0 Å². The molecule has 0 aromatic heterocycles. The first-order valence-corrected chi connectivity index (χ1v) is 7.20. The summed E-state index contributed by atoms with van der Waals surface area (Å²) in [6.07, 6.45) is 3.14. The summed E-state index contributed by atoms with van der Waals surface area (Å²) in [5.74, 6) is 0.0691. The van der Waals surface area contributed by atoms with Crippen LogP contribution in [-0.4, -0.2) is 18.0 Å². The third-order valence-electron chi connectivity index (χ3n) is 3.82. The Morgan fingerprint density at radius 2 is 2.26 bits per heavy atom. The fourth-order valence-electron chi connectivity index (χ4n) is 2.47. The van der Waals surface area contributed by atoms with Crippen molar-refractivity contribution < 1.29 is 4.79 Å². The molecule has 0 aliphatic carbocycles. The molecule has 1 aromatic carbocycles. The van der Waals surface area contributed by atoms with Crippen molar-refractivity contribution in [2.24, 2.45) is 0 Å². The molecule has 1 aliphatic rings. The van der Waals surface area contributed by atoms with Crippen LogP contribution in [0.15, 0.2) is 24.3 Å². The van der Waals surface area contributed by atoms with Gasteiger partial charge >= 0.3 is 0 Å². The van der Waals surface area contributed by atoms with Crippen molar-refractivity contribution in [2.75, 3.05) is 6.54 Å². The van der Waals surface area contributed by atoms with E-state index in [1.807, 2.05) is 38.1 Å². The monoisotopic (exact) mass is 280 g/mol. The highest BCUT2D eigenvalue weighted by Gasteiger charge is 2.34. The van der Waals surface area contributed by atoms with E-state index in [-0.39, 0.29) is 11.9 Å². The van der Waals surface area contributed by atoms with Crippen LogP contribution in [0.3, 0.4) is 0 Å². The smallest absolute Gasteiger partial charge is 0.240 e. The molecule has 2 N–H and O–H groups in total. The minimum atomic E-state index is -0.439. The summed E-state index contributed by atoms with van der Waals surface area (Å²) in [4.78, 5) is 12.4. The van der Waals surface area contributed by atoms with Gasteiger partial charge in [0.2, 0.25) is 5.91 Å². The van der Waals surface area contributed by atoms with Crippen LogP contribution in [0.5, 0.6) is 0 Å². The van der Waals surface area contributed by atoms with Gasteiger partial charge in [-0.1, -0.05) is 23.7 Å². The normalized spacial score (nSPS) is 24.8. The number of rotatable bonds is 3. The first kappa shape index (κ1) is 14.4. The molecule has 2 rings (SSSR count). The second kappa shape index (κ2) is 5.93. The highest BCUT2D eigenvalue weighted by atomic mass is 35.5. The van der Waals surface area contributed by atoms with Crippen molar-refractivity contribution in [3.8, 4) is 0 Å². The van der Waals surface area contributed by atoms with Gasteiger partial charge in [-0.2, -0.15) is 0 Å². The molecule has 0 bridgehead atoms. The average Bonchev–Trinajstić information content (AvgIpc) is 2.39. The fourth-order valence-corrected chi connectivity index (χ4v) is 2.66. The largest absolute Gasteiger partial charge is 0.348 e. The topological polar surface area (TPSA) is 41.1 Å². The molecule has 1 fully saturated rings. The van der Waals surface area contributed by atoms with Gasteiger partial charge in [0, 0.05) is 5.02 Å². The minimum Gasteiger partial charge on any atom is -0.348 e. The van der Waals surface area contributed by atoms with Crippen LogP contribution in [0.25, 0.3) is 0 Å². The molecule has 1 saturated heterocycles. The van der Waals surface area contributed by atoms with E-state index in [2.05, 4.69) is 10.6 Å². The maximum atomic E-state index is 12.4. The predicted octanol–water partition coefficient (Wildman–Crippen LogP) is 3.05. The van der Waals surface area contributed by atoms with Crippen LogP contribution in [0, 0.1) is 0 Å². The van der Waals surface area contributed by atoms with Crippen LogP contribution in [0.2, 0.25) is 5.02 Å². The summed E-state index contributed by atoms with van der Waals surface area (Å²) < 4.78 is 0. The number of benzene rings is 1. The highest BCUT2D eigenvalue weighted by Crippen LogP contribution is 2.22. The number of carbonyl (C=O) groups is 1. The fraction of sp³-hybridized carbons (Fsp3) is 0.533. The Labute approximate surface area is 119 Å². The van der Waals surface area contributed by atoms with Crippen molar-refractivity contribution in [3.05, 3.63) is 34.9 Å². The molecule has 1 unspecified atom stereocenters. The van der Waals surface area contributed by atoms with E-state index >= 15 is 0 Å². The summed E-state index contributed by atoms with van der Waals surface area (Å²) >= 11 is 5.98. The first-order chi connectivity index (χ1) is 9.01. The summed E-state index contributed by atoms with van der Waals surface area (Å²) in [6.45, 7) is 4.87. The molecular formula is C15H21ClN2O. The third-order valence-corrected chi connectivity index (χ3v) is 4.05. The van der Waals surface area contributed by atoms with Gasteiger partial charge in [0.15, 0.2) is 0 Å². The van der Waals surface area contributed by atoms with E-state index in [9.17, 15) is 4.79 Å². The zero-order valence-corrected chi connectivity index (χ0v) is 12.3. The van der Waals surface area contributed by atoms with E-state index in [1.165, 1.54) is 0 Å². The quantitative estimate of drug-likeness (QED) is 0.893. The lowest BCUT2D eigenvalue weighted by Crippen LogP contribution is -2.57. The van der Waals surface area contributed by atoms with Crippen molar-refractivity contribution in [1.82, 2.24) is 10.6 Å². The number of carbonyl (C=O) groups excluding carboxylic acids is 1. The second-order valence-electron chi connectivity index (χ2n) is 5.47. The molecular weight excluding hydrogens is 260 g/mol. The van der Waals surface area contributed by atoms with Gasteiger partial charge in [0.25, 0.3) is 0 Å². The lowest BCUT2D eigenvalue weighted by Gasteiger charge is -2.34. The molecule has 104 valence electrons. The second-order valence-corrected chi connectivity index (χ2v) is 5.90. The van der Waals surface area contributed by atoms with Crippen molar-refractivity contribution in [3.63, 3.8) is 0 Å². The van der Waals surface area contributed by atoms with Crippen LogP contribution >= 0.6 is 11.6 Å². The van der Waals surface area contributed by atoms with Gasteiger partial charge in [-0.15, -0.1) is 0 Å². The van der Waals surface area contributed by atoms with Gasteiger partial charge < -0.3 is 10.6 Å². The number of nitrogens with one attached hydrogen (secondary N) is 2. The zero-order valence-electron chi connectivity index (χ0n) is 11.5. The summed E-state index contributed by atoms with van der Waals surface area (Å²) in [5.41, 5.74) is 0.589. The Kier molecular flexibility index (Phi) is 4.48. The Bertz CT molecular complexity index is 455. The van der Waals surface area contributed by atoms with Crippen LogP contribution in [0.4, 0.5) is 0 Å². The Morgan fingerprint density at radius 3 is 2.89 bits per heavy atom. The molecule has 4 heteroatoms. The standard InChI is InChI=1S/C15H21ClN2O/c1-11(12-6-5-7-13(16)10-12)18-14(19)15(2)8-3-4-9-17-15/h5-7,10-11,17H,3-4,8-9H2,1-2H3,(H,18,19)/t11-,15?/m0/s1. The zero-order chi connectivity index (χ0) is 13.9. The first-order valence-electron chi connectivity index (χ1n) is 6.83. The maximum absolute atomic E-state index is 12.4. The van der Waals surface area contributed by atoms with Gasteiger partial charge in [-0.25, -0.2) is 0 Å². The molecule has 0 saturated carbocycles. The Hall–Kier alpha value is -1.06. The molecule has 1 aromatic rings. The van der Waals surface area contributed by atoms with Crippen molar-refractivity contribution >= 4 is 17.5 Å². The number of hydrogen-bond acceptors (Lipinski definition) is 2. The SMILES string of the molecule is C[C@H](NC(=O)C1(C)CCCCN1)c1cccc(Cl)c1. The van der Waals surface area contributed by atoms with Crippen LogP contribution in [0.1, 0.15) is 44.7 Å². The molecule has 3 nitrogen and oxygen atoms in total. The summed E-state index contributed by atoms with van der Waals surface area (Å²) in [5, 5.41) is 7.09. The highest BCUT2D eigenvalue weighted by molar-refractivity contribution is 6.30. The molecule has 2 atom stereocenters. The lowest BCUT2D eigenvalue weighted by molar-refractivity contribution is -0.128. The van der Waals surface area contributed by atoms with Gasteiger partial charge in [0.05, 0.1) is 11.6 Å². The molecule has 0 spiro atoms. The molecule has 0 radical (unpaired) electrons. The number of amides is 1. The molecule has 1 heterocycles. The molecule has 1 aliphatic heterocycles. The molecule has 1 amide bonds. The minimum absolute atomic E-state index is 0.0354. The average molecular weight is 281 g/mol. The van der Waals surface area contributed by atoms with Gasteiger partial charge in [-0.05, 0) is 57.4 Å². The van der Waals surface area contributed by atoms with Crippen LogP contribution < -0.4 is 10.6 Å². The lowest BCUT2D eigenvalue weighted by atomic mass is 9.89. The number of halogens is 1. The van der Waals surface area contributed by atoms with E-state index in [1.54, 1.807) is 0 Å². The van der Waals surface area contributed by atoms with Crippen LogP contribution in [-0.2, 0) is 4.79 Å².